The summed E-state index contributed by atoms with van der Waals surface area (Å²) in [7, 11) is 0. The number of carbonyl (C=O) groups excluding carboxylic acids is 2. The van der Waals surface area contributed by atoms with Crippen LogP contribution in [0.1, 0.15) is 83.9 Å². The Morgan fingerprint density at radius 2 is 1.66 bits per heavy atom. The van der Waals surface area contributed by atoms with Crippen LogP contribution in [0.25, 0.3) is 0 Å². The minimum absolute atomic E-state index is 0.115. The first-order valence-corrected chi connectivity index (χ1v) is 14.1. The van der Waals surface area contributed by atoms with Gasteiger partial charge in [-0.05, 0) is 72.2 Å². The van der Waals surface area contributed by atoms with Crippen molar-refractivity contribution < 1.29 is 9.59 Å². The zero-order valence-electron chi connectivity index (χ0n) is 23.1. The molecule has 0 fully saturated rings. The number of carbonyl (C=O) groups is 2. The van der Waals surface area contributed by atoms with Crippen LogP contribution in [0.3, 0.4) is 0 Å². The van der Waals surface area contributed by atoms with Crippen LogP contribution in [-0.2, 0) is 19.4 Å². The monoisotopic (exact) mass is 511 g/mol. The minimum atomic E-state index is -0.171. The van der Waals surface area contributed by atoms with E-state index in [1.807, 2.05) is 42.5 Å². The molecule has 3 aromatic rings. The van der Waals surface area contributed by atoms with Gasteiger partial charge in [-0.25, -0.2) is 0 Å². The summed E-state index contributed by atoms with van der Waals surface area (Å²) in [5.41, 5.74) is 6.63. The molecule has 2 N–H and O–H groups in total. The van der Waals surface area contributed by atoms with Gasteiger partial charge in [0.05, 0.1) is 5.56 Å². The largest absolute Gasteiger partial charge is 0.366 e. The highest BCUT2D eigenvalue weighted by atomic mass is 16.2. The summed E-state index contributed by atoms with van der Waals surface area (Å²) in [6.45, 7) is 8.58. The molecule has 38 heavy (non-hydrogen) atoms. The van der Waals surface area contributed by atoms with Crippen LogP contribution in [0.4, 0.5) is 11.4 Å². The third-order valence-electron chi connectivity index (χ3n) is 7.18. The second-order valence-corrected chi connectivity index (χ2v) is 10.7. The Kier molecular flexibility index (Phi) is 9.58. The molecule has 200 valence electrons. The molecule has 0 bridgehead atoms. The van der Waals surface area contributed by atoms with Gasteiger partial charge >= 0.3 is 0 Å². The molecule has 2 amide bonds. The van der Waals surface area contributed by atoms with E-state index in [1.54, 1.807) is 0 Å². The molecular formula is C33H41N3O2. The lowest BCUT2D eigenvalue weighted by Gasteiger charge is -2.32. The van der Waals surface area contributed by atoms with Crippen molar-refractivity contribution in [3.05, 3.63) is 94.5 Å². The summed E-state index contributed by atoms with van der Waals surface area (Å²) in [5.74, 6) is 0.0635. The van der Waals surface area contributed by atoms with E-state index in [-0.39, 0.29) is 11.8 Å². The summed E-state index contributed by atoms with van der Waals surface area (Å²) >= 11 is 0. The zero-order valence-corrected chi connectivity index (χ0v) is 23.1. The van der Waals surface area contributed by atoms with Gasteiger partial charge in [0, 0.05) is 36.6 Å². The number of aryl methyl sites for hydroxylation is 1. The topological polar surface area (TPSA) is 61.4 Å². The number of fused-ring (bicyclic) bond motifs is 1. The number of anilines is 2. The Bertz CT molecular complexity index is 1230. The lowest BCUT2D eigenvalue weighted by atomic mass is 9.98. The van der Waals surface area contributed by atoms with Crippen molar-refractivity contribution in [2.75, 3.05) is 23.3 Å². The Labute approximate surface area is 227 Å². The quantitative estimate of drug-likeness (QED) is 0.272. The molecule has 0 radical (unpaired) electrons. The number of hydrogen-bond donors (Lipinski definition) is 2. The van der Waals surface area contributed by atoms with E-state index in [1.165, 1.54) is 42.4 Å². The number of amides is 2. The molecule has 5 heteroatoms. The van der Waals surface area contributed by atoms with Crippen molar-refractivity contribution in [2.45, 2.75) is 65.8 Å². The SMILES string of the molecule is CCCCCCc1ccc(C(=O)Nc2ccc(N3CCc4ccccc4C3)c(C(=O)NCC(C)C)c2)cc1. The predicted molar refractivity (Wildman–Crippen MR) is 157 cm³/mol. The molecule has 1 aliphatic heterocycles. The lowest BCUT2D eigenvalue weighted by molar-refractivity contribution is 0.0948. The molecular weight excluding hydrogens is 470 g/mol. The first-order valence-electron chi connectivity index (χ1n) is 14.1. The number of nitrogens with zero attached hydrogens (tertiary/aromatic N) is 1. The van der Waals surface area contributed by atoms with Crippen LogP contribution >= 0.6 is 0 Å². The second kappa shape index (κ2) is 13.3. The number of nitrogens with one attached hydrogen (secondary N) is 2. The fourth-order valence-corrected chi connectivity index (χ4v) is 4.95. The standard InChI is InChI=1S/C33H41N3O2/c1-4-5-6-7-10-25-13-15-27(16-14-25)32(37)35-29-17-18-31(30(21-29)33(38)34-22-24(2)3)36-20-19-26-11-8-9-12-28(26)23-36/h8-9,11-18,21,24H,4-7,10,19-20,22-23H2,1-3H3,(H,34,38)(H,35,37). The third kappa shape index (κ3) is 7.25. The maximum absolute atomic E-state index is 13.3. The van der Waals surface area contributed by atoms with E-state index < -0.39 is 0 Å². The molecule has 0 atom stereocenters. The van der Waals surface area contributed by atoms with Gasteiger partial charge in [-0.1, -0.05) is 76.4 Å². The lowest BCUT2D eigenvalue weighted by Crippen LogP contribution is -2.34. The summed E-state index contributed by atoms with van der Waals surface area (Å²) in [6, 6.07) is 22.0. The highest BCUT2D eigenvalue weighted by molar-refractivity contribution is 6.06. The predicted octanol–water partition coefficient (Wildman–Crippen LogP) is 7.01. The van der Waals surface area contributed by atoms with Crippen molar-refractivity contribution in [1.82, 2.24) is 5.32 Å². The smallest absolute Gasteiger partial charge is 0.255 e. The van der Waals surface area contributed by atoms with Crippen molar-refractivity contribution in [3.8, 4) is 0 Å². The fourth-order valence-electron chi connectivity index (χ4n) is 4.95. The van der Waals surface area contributed by atoms with Gasteiger partial charge in [-0.15, -0.1) is 0 Å². The molecule has 1 aliphatic rings. The number of benzene rings is 3. The number of hydrogen-bond acceptors (Lipinski definition) is 3. The van der Waals surface area contributed by atoms with Crippen molar-refractivity contribution in [2.24, 2.45) is 5.92 Å². The summed E-state index contributed by atoms with van der Waals surface area (Å²) < 4.78 is 0. The molecule has 0 saturated carbocycles. The Morgan fingerprint density at radius 3 is 2.39 bits per heavy atom. The Hall–Kier alpha value is -3.60. The molecule has 3 aromatic carbocycles. The Morgan fingerprint density at radius 1 is 0.895 bits per heavy atom. The van der Waals surface area contributed by atoms with Gasteiger partial charge in [-0.2, -0.15) is 0 Å². The van der Waals surface area contributed by atoms with E-state index >= 15 is 0 Å². The maximum Gasteiger partial charge on any atom is 0.255 e. The maximum atomic E-state index is 13.3. The van der Waals surface area contributed by atoms with Crippen molar-refractivity contribution in [1.29, 1.82) is 0 Å². The molecule has 0 aliphatic carbocycles. The van der Waals surface area contributed by atoms with Gasteiger partial charge < -0.3 is 15.5 Å². The molecule has 0 spiro atoms. The van der Waals surface area contributed by atoms with Gasteiger partial charge in [0.2, 0.25) is 0 Å². The highest BCUT2D eigenvalue weighted by Crippen LogP contribution is 2.30. The molecule has 0 saturated heterocycles. The zero-order chi connectivity index (χ0) is 26.9. The first-order chi connectivity index (χ1) is 18.4. The molecule has 1 heterocycles. The fraction of sp³-hybridized carbons (Fsp3) is 0.394. The van der Waals surface area contributed by atoms with E-state index in [9.17, 15) is 9.59 Å². The average Bonchev–Trinajstić information content (AvgIpc) is 2.94. The number of unbranched alkanes of at least 4 members (excludes halogenated alkanes) is 3. The van der Waals surface area contributed by atoms with Gasteiger partial charge in [0.25, 0.3) is 11.8 Å². The minimum Gasteiger partial charge on any atom is -0.366 e. The normalized spacial score (nSPS) is 12.8. The number of rotatable bonds is 11. The van der Waals surface area contributed by atoms with Crippen LogP contribution in [-0.4, -0.2) is 24.9 Å². The van der Waals surface area contributed by atoms with E-state index in [4.69, 9.17) is 0 Å². The first kappa shape index (κ1) is 27.4. The summed E-state index contributed by atoms with van der Waals surface area (Å²) in [6.07, 6.45) is 6.90. The Balaban J connectivity index is 1.50. The van der Waals surface area contributed by atoms with Gasteiger partial charge in [0.15, 0.2) is 0 Å². The van der Waals surface area contributed by atoms with E-state index in [0.717, 1.165) is 31.6 Å². The van der Waals surface area contributed by atoms with Crippen LogP contribution in [0.5, 0.6) is 0 Å². The van der Waals surface area contributed by atoms with Crippen molar-refractivity contribution >= 4 is 23.2 Å². The van der Waals surface area contributed by atoms with Crippen LogP contribution < -0.4 is 15.5 Å². The molecule has 0 aromatic heterocycles. The molecule has 5 nitrogen and oxygen atoms in total. The average molecular weight is 512 g/mol. The molecule has 4 rings (SSSR count). The van der Waals surface area contributed by atoms with E-state index in [2.05, 4.69) is 60.6 Å². The third-order valence-corrected chi connectivity index (χ3v) is 7.18. The van der Waals surface area contributed by atoms with E-state index in [0.29, 0.717) is 29.3 Å². The molecule has 0 unspecified atom stereocenters. The van der Waals surface area contributed by atoms with Crippen LogP contribution in [0.2, 0.25) is 0 Å². The van der Waals surface area contributed by atoms with Gasteiger partial charge in [-0.3, -0.25) is 9.59 Å². The van der Waals surface area contributed by atoms with Crippen molar-refractivity contribution in [3.63, 3.8) is 0 Å². The summed E-state index contributed by atoms with van der Waals surface area (Å²) in [4.78, 5) is 28.6. The summed E-state index contributed by atoms with van der Waals surface area (Å²) in [5, 5.41) is 6.07. The highest BCUT2D eigenvalue weighted by Gasteiger charge is 2.22. The van der Waals surface area contributed by atoms with Crippen LogP contribution in [0, 0.1) is 5.92 Å². The second-order valence-electron chi connectivity index (χ2n) is 10.7. The van der Waals surface area contributed by atoms with Crippen LogP contribution in [0.15, 0.2) is 66.7 Å². The van der Waals surface area contributed by atoms with Gasteiger partial charge in [0.1, 0.15) is 0 Å².